The molecule has 2 heteroatoms. The Kier molecular flexibility index (Phi) is 4.63. The van der Waals surface area contributed by atoms with Crippen molar-refractivity contribution >= 4 is 0 Å². The van der Waals surface area contributed by atoms with E-state index in [4.69, 9.17) is 5.73 Å². The van der Waals surface area contributed by atoms with Crippen molar-refractivity contribution in [2.75, 3.05) is 13.1 Å². The first-order chi connectivity index (χ1) is 6.74. The molecule has 78 valence electrons. The van der Waals surface area contributed by atoms with Crippen molar-refractivity contribution in [1.82, 2.24) is 5.32 Å². The molecule has 0 amide bonds. The van der Waals surface area contributed by atoms with Crippen LogP contribution in [-0.2, 0) is 0 Å². The fourth-order valence-corrected chi connectivity index (χ4v) is 1.36. The minimum absolute atomic E-state index is 0.404. The van der Waals surface area contributed by atoms with E-state index in [2.05, 4.69) is 43.4 Å². The van der Waals surface area contributed by atoms with Gasteiger partial charge in [-0.3, -0.25) is 0 Å². The highest BCUT2D eigenvalue weighted by molar-refractivity contribution is 5.18. The zero-order valence-electron chi connectivity index (χ0n) is 9.03. The summed E-state index contributed by atoms with van der Waals surface area (Å²) in [5, 5.41) is 3.41. The Morgan fingerprint density at radius 1 is 1.21 bits per heavy atom. The molecule has 0 radical (unpaired) electrons. The van der Waals surface area contributed by atoms with E-state index in [0.29, 0.717) is 18.5 Å². The first-order valence-corrected chi connectivity index (χ1v) is 5.22. The number of hydrogen-bond acceptors (Lipinski definition) is 2. The minimum Gasteiger partial charge on any atom is -0.329 e. The van der Waals surface area contributed by atoms with Gasteiger partial charge in [0.2, 0.25) is 0 Å². The smallest absolute Gasteiger partial charge is 0.0162 e. The van der Waals surface area contributed by atoms with Crippen molar-refractivity contribution in [2.24, 2.45) is 5.73 Å². The van der Waals surface area contributed by atoms with E-state index in [1.807, 2.05) is 6.07 Å². The van der Waals surface area contributed by atoms with E-state index in [1.54, 1.807) is 0 Å². The average molecular weight is 192 g/mol. The number of rotatable bonds is 5. The van der Waals surface area contributed by atoms with Crippen LogP contribution in [0.5, 0.6) is 0 Å². The second-order valence-corrected chi connectivity index (χ2v) is 3.86. The summed E-state index contributed by atoms with van der Waals surface area (Å²) in [6.45, 7) is 6.02. The van der Waals surface area contributed by atoms with Gasteiger partial charge in [-0.2, -0.15) is 0 Å². The van der Waals surface area contributed by atoms with Crippen LogP contribution in [0.4, 0.5) is 0 Å². The van der Waals surface area contributed by atoms with Gasteiger partial charge in [-0.05, 0) is 18.4 Å². The van der Waals surface area contributed by atoms with Crippen LogP contribution >= 0.6 is 0 Å². The first-order valence-electron chi connectivity index (χ1n) is 5.22. The molecule has 1 aromatic rings. The topological polar surface area (TPSA) is 38.0 Å². The highest BCUT2D eigenvalue weighted by Crippen LogP contribution is 2.12. The lowest BCUT2D eigenvalue weighted by Gasteiger charge is -2.16. The fourth-order valence-electron chi connectivity index (χ4n) is 1.36. The van der Waals surface area contributed by atoms with E-state index >= 15 is 0 Å². The van der Waals surface area contributed by atoms with E-state index < -0.39 is 0 Å². The van der Waals surface area contributed by atoms with Crippen LogP contribution in [0.1, 0.15) is 25.3 Å². The molecule has 2 nitrogen and oxygen atoms in total. The highest BCUT2D eigenvalue weighted by Gasteiger charge is 2.05. The lowest BCUT2D eigenvalue weighted by Crippen LogP contribution is -2.35. The van der Waals surface area contributed by atoms with Crippen LogP contribution in [0.2, 0.25) is 0 Å². The molecule has 1 aromatic carbocycles. The molecule has 0 aromatic heterocycles. The average Bonchev–Trinajstić information content (AvgIpc) is 2.26. The largest absolute Gasteiger partial charge is 0.329 e. The Morgan fingerprint density at radius 2 is 1.86 bits per heavy atom. The van der Waals surface area contributed by atoms with Gasteiger partial charge >= 0.3 is 0 Å². The Balaban J connectivity index is 2.39. The maximum absolute atomic E-state index is 5.53. The molecule has 1 rings (SSSR count). The summed E-state index contributed by atoms with van der Waals surface area (Å²) in [5.41, 5.74) is 6.91. The molecule has 14 heavy (non-hydrogen) atoms. The van der Waals surface area contributed by atoms with Crippen LogP contribution in [0.15, 0.2) is 30.3 Å². The Labute approximate surface area is 86.5 Å². The third kappa shape index (κ3) is 3.48. The van der Waals surface area contributed by atoms with Gasteiger partial charge < -0.3 is 11.1 Å². The first kappa shape index (κ1) is 11.2. The quantitative estimate of drug-likeness (QED) is 0.745. The number of nitrogens with one attached hydrogen (secondary N) is 1. The standard InChI is InChI=1S/C12H20N2/c1-10(9-14-11(2)8-13)12-6-4-3-5-7-12/h3-7,10-11,14H,8-9,13H2,1-2H3. The SMILES string of the molecule is CC(CN)NCC(C)c1ccccc1. The lowest BCUT2D eigenvalue weighted by molar-refractivity contribution is 0.525. The molecule has 0 bridgehead atoms. The van der Waals surface area contributed by atoms with Gasteiger partial charge in [-0.15, -0.1) is 0 Å². The summed E-state index contributed by atoms with van der Waals surface area (Å²) < 4.78 is 0. The van der Waals surface area contributed by atoms with Crippen LogP contribution in [0, 0.1) is 0 Å². The van der Waals surface area contributed by atoms with Gasteiger partial charge in [-0.25, -0.2) is 0 Å². The molecule has 0 spiro atoms. The van der Waals surface area contributed by atoms with Crippen molar-refractivity contribution < 1.29 is 0 Å². The fraction of sp³-hybridized carbons (Fsp3) is 0.500. The number of benzene rings is 1. The zero-order valence-corrected chi connectivity index (χ0v) is 9.03. The van der Waals surface area contributed by atoms with Gasteiger partial charge in [0.25, 0.3) is 0 Å². The number of hydrogen-bond donors (Lipinski definition) is 2. The van der Waals surface area contributed by atoms with Gasteiger partial charge in [-0.1, -0.05) is 37.3 Å². The minimum atomic E-state index is 0.404. The molecule has 2 atom stereocenters. The Bertz CT molecular complexity index is 246. The van der Waals surface area contributed by atoms with E-state index in [1.165, 1.54) is 5.56 Å². The van der Waals surface area contributed by atoms with Crippen molar-refractivity contribution in [1.29, 1.82) is 0 Å². The summed E-state index contributed by atoms with van der Waals surface area (Å²) in [6, 6.07) is 10.9. The molecule has 3 N–H and O–H groups in total. The van der Waals surface area contributed by atoms with Crippen molar-refractivity contribution in [2.45, 2.75) is 25.8 Å². The molecule has 0 saturated carbocycles. The maximum Gasteiger partial charge on any atom is 0.0162 e. The Morgan fingerprint density at radius 3 is 2.43 bits per heavy atom. The zero-order chi connectivity index (χ0) is 10.4. The van der Waals surface area contributed by atoms with Crippen molar-refractivity contribution in [3.05, 3.63) is 35.9 Å². The number of nitrogens with two attached hydrogens (primary N) is 1. The van der Waals surface area contributed by atoms with Crippen LogP contribution < -0.4 is 11.1 Å². The lowest BCUT2D eigenvalue weighted by atomic mass is 10.0. The van der Waals surface area contributed by atoms with Crippen molar-refractivity contribution in [3.63, 3.8) is 0 Å². The second-order valence-electron chi connectivity index (χ2n) is 3.86. The monoisotopic (exact) mass is 192 g/mol. The van der Waals surface area contributed by atoms with E-state index in [0.717, 1.165) is 6.54 Å². The summed E-state index contributed by atoms with van der Waals surface area (Å²) in [7, 11) is 0. The van der Waals surface area contributed by atoms with Crippen molar-refractivity contribution in [3.8, 4) is 0 Å². The van der Waals surface area contributed by atoms with Crippen LogP contribution in [0.25, 0.3) is 0 Å². The molecular weight excluding hydrogens is 172 g/mol. The van der Waals surface area contributed by atoms with E-state index in [9.17, 15) is 0 Å². The molecule has 2 unspecified atom stereocenters. The third-order valence-corrected chi connectivity index (χ3v) is 2.49. The normalized spacial score (nSPS) is 15.1. The van der Waals surface area contributed by atoms with Gasteiger partial charge in [0.1, 0.15) is 0 Å². The predicted molar refractivity (Wildman–Crippen MR) is 61.4 cm³/mol. The van der Waals surface area contributed by atoms with Crippen LogP contribution in [0.3, 0.4) is 0 Å². The predicted octanol–water partition coefficient (Wildman–Crippen LogP) is 1.73. The van der Waals surface area contributed by atoms with Gasteiger partial charge in [0.05, 0.1) is 0 Å². The highest BCUT2D eigenvalue weighted by atomic mass is 14.9. The van der Waals surface area contributed by atoms with Gasteiger partial charge in [0.15, 0.2) is 0 Å². The summed E-state index contributed by atoms with van der Waals surface area (Å²) in [6.07, 6.45) is 0. The summed E-state index contributed by atoms with van der Waals surface area (Å²) in [5.74, 6) is 0.546. The maximum atomic E-state index is 5.53. The van der Waals surface area contributed by atoms with Crippen LogP contribution in [-0.4, -0.2) is 19.1 Å². The Hall–Kier alpha value is -0.860. The molecule has 0 saturated heterocycles. The molecular formula is C12H20N2. The molecule has 0 aliphatic rings. The molecule has 0 aliphatic carbocycles. The molecule has 0 fully saturated rings. The summed E-state index contributed by atoms with van der Waals surface area (Å²) >= 11 is 0. The van der Waals surface area contributed by atoms with E-state index in [-0.39, 0.29) is 0 Å². The second kappa shape index (κ2) is 5.78. The molecule has 0 heterocycles. The molecule has 0 aliphatic heterocycles. The third-order valence-electron chi connectivity index (χ3n) is 2.49. The van der Waals surface area contributed by atoms with Gasteiger partial charge in [0, 0.05) is 19.1 Å². The summed E-state index contributed by atoms with van der Waals surface area (Å²) in [4.78, 5) is 0.